The first-order chi connectivity index (χ1) is 14.9. The van der Waals surface area contributed by atoms with Crippen molar-refractivity contribution in [3.05, 3.63) is 71.4 Å². The van der Waals surface area contributed by atoms with Gasteiger partial charge in [0.2, 0.25) is 5.78 Å². The average Bonchev–Trinajstić information content (AvgIpc) is 3.13. The number of benzene rings is 2. The summed E-state index contributed by atoms with van der Waals surface area (Å²) in [6, 6.07) is 11.6. The van der Waals surface area contributed by atoms with Gasteiger partial charge in [-0.15, -0.1) is 0 Å². The third kappa shape index (κ3) is 5.11. The maximum Gasteiger partial charge on any atom is 0.325 e. The van der Waals surface area contributed by atoms with Crippen molar-refractivity contribution in [1.82, 2.24) is 9.88 Å². The summed E-state index contributed by atoms with van der Waals surface area (Å²) in [6.45, 7) is -0.727. The topological polar surface area (TPSA) is 101 Å². The highest BCUT2D eigenvalue weighted by Crippen LogP contribution is 2.22. The molecular weight excluding hydrogens is 408 g/mol. The number of ether oxygens (including phenoxy) is 1. The van der Waals surface area contributed by atoms with Crippen molar-refractivity contribution >= 4 is 28.6 Å². The molecule has 0 fully saturated rings. The molecule has 0 radical (unpaired) electrons. The minimum atomic E-state index is -1.06. The molecule has 1 amide bonds. The first kappa shape index (κ1) is 21.6. The summed E-state index contributed by atoms with van der Waals surface area (Å²) < 4.78 is 33.2. The molecule has 0 atom stereocenters. The van der Waals surface area contributed by atoms with Gasteiger partial charge >= 0.3 is 5.97 Å². The highest BCUT2D eigenvalue weighted by molar-refractivity contribution is 6.09. The van der Waals surface area contributed by atoms with Crippen molar-refractivity contribution < 1.29 is 27.9 Å². The van der Waals surface area contributed by atoms with Gasteiger partial charge in [0.15, 0.2) is 6.61 Å². The van der Waals surface area contributed by atoms with E-state index < -0.39 is 48.0 Å². The molecule has 0 saturated carbocycles. The van der Waals surface area contributed by atoms with Crippen molar-refractivity contribution in [1.29, 1.82) is 5.26 Å². The normalized spacial score (nSPS) is 10.5. The van der Waals surface area contributed by atoms with Crippen LogP contribution >= 0.6 is 0 Å². The number of Topliss-reactive ketones (excluding diaryl/α,β-unsaturated/α-hetero) is 1. The van der Waals surface area contributed by atoms with Crippen LogP contribution in [0.3, 0.4) is 0 Å². The summed E-state index contributed by atoms with van der Waals surface area (Å²) in [5, 5.41) is 11.6. The molecule has 1 aromatic heterocycles. The van der Waals surface area contributed by atoms with Crippen molar-refractivity contribution in [2.24, 2.45) is 0 Å². The van der Waals surface area contributed by atoms with Gasteiger partial charge in [-0.1, -0.05) is 18.2 Å². The smallest absolute Gasteiger partial charge is 0.325 e. The van der Waals surface area contributed by atoms with E-state index >= 15 is 0 Å². The van der Waals surface area contributed by atoms with Gasteiger partial charge in [-0.25, -0.2) is 8.78 Å². The zero-order valence-electron chi connectivity index (χ0n) is 16.2. The first-order valence-corrected chi connectivity index (χ1v) is 9.27. The van der Waals surface area contributed by atoms with Crippen LogP contribution in [0.25, 0.3) is 10.9 Å². The van der Waals surface area contributed by atoms with Crippen LogP contribution in [0.4, 0.5) is 8.78 Å². The molecule has 0 spiro atoms. The molecule has 0 aliphatic rings. The number of ketones is 1. The molecule has 31 heavy (non-hydrogen) atoms. The standard InChI is InChI=1S/C22H17F2N3O4/c23-14-6-7-16(18(24)10-14)22(30)26-11-21(29)31-13-20(28)17-12-27(9-3-8-25)19-5-2-1-4-15(17)19/h1-2,4-7,10,12H,3,9,11,13H2,(H,26,30). The number of amides is 1. The summed E-state index contributed by atoms with van der Waals surface area (Å²) in [5.74, 6) is -4.15. The van der Waals surface area contributed by atoms with E-state index in [0.29, 0.717) is 23.6 Å². The number of para-hydroxylation sites is 1. The Morgan fingerprint density at radius 1 is 1.10 bits per heavy atom. The van der Waals surface area contributed by atoms with Gasteiger partial charge in [-0.3, -0.25) is 14.4 Å². The lowest BCUT2D eigenvalue weighted by Gasteiger charge is -2.07. The van der Waals surface area contributed by atoms with Gasteiger partial charge in [-0.2, -0.15) is 5.26 Å². The molecule has 3 aromatic rings. The van der Waals surface area contributed by atoms with Crippen molar-refractivity contribution in [3.8, 4) is 6.07 Å². The van der Waals surface area contributed by atoms with Crippen molar-refractivity contribution in [2.75, 3.05) is 13.2 Å². The second kappa shape index (κ2) is 9.63. The minimum absolute atomic E-state index is 0.273. The number of rotatable bonds is 8. The van der Waals surface area contributed by atoms with E-state index in [-0.39, 0.29) is 6.42 Å². The quantitative estimate of drug-likeness (QED) is 0.442. The lowest BCUT2D eigenvalue weighted by Crippen LogP contribution is -2.32. The number of nitrogens with one attached hydrogen (secondary N) is 1. The monoisotopic (exact) mass is 425 g/mol. The Hall–Kier alpha value is -4.06. The van der Waals surface area contributed by atoms with E-state index in [4.69, 9.17) is 10.00 Å². The molecule has 0 saturated heterocycles. The molecule has 1 heterocycles. The molecule has 2 aromatic carbocycles. The number of aryl methyl sites for hydroxylation is 1. The summed E-state index contributed by atoms with van der Waals surface area (Å²) in [6.07, 6.45) is 1.88. The molecule has 0 unspecified atom stereocenters. The Morgan fingerprint density at radius 3 is 2.61 bits per heavy atom. The summed E-state index contributed by atoms with van der Waals surface area (Å²) in [5.41, 5.74) is 0.704. The third-order valence-corrected chi connectivity index (χ3v) is 4.49. The molecule has 0 aliphatic carbocycles. The zero-order valence-corrected chi connectivity index (χ0v) is 16.2. The van der Waals surface area contributed by atoms with Crippen molar-refractivity contribution in [3.63, 3.8) is 0 Å². The second-order valence-corrected chi connectivity index (χ2v) is 6.55. The van der Waals surface area contributed by atoms with Crippen LogP contribution in [-0.4, -0.2) is 35.4 Å². The van der Waals surface area contributed by atoms with Gasteiger partial charge in [0.05, 0.1) is 18.1 Å². The SMILES string of the molecule is N#CCCn1cc(C(=O)COC(=O)CNC(=O)c2ccc(F)cc2F)c2ccccc21. The molecular formula is C22H17F2N3O4. The Labute approximate surface area is 175 Å². The van der Waals surface area contributed by atoms with Crippen LogP contribution in [0.2, 0.25) is 0 Å². The van der Waals surface area contributed by atoms with E-state index in [1.807, 2.05) is 18.2 Å². The van der Waals surface area contributed by atoms with Crippen molar-refractivity contribution in [2.45, 2.75) is 13.0 Å². The number of nitriles is 1. The fraction of sp³-hybridized carbons (Fsp3) is 0.182. The Balaban J connectivity index is 1.59. The Morgan fingerprint density at radius 2 is 1.87 bits per heavy atom. The fourth-order valence-corrected chi connectivity index (χ4v) is 3.02. The summed E-state index contributed by atoms with van der Waals surface area (Å²) >= 11 is 0. The molecule has 0 bridgehead atoms. The van der Waals surface area contributed by atoms with Gasteiger partial charge in [-0.05, 0) is 18.2 Å². The van der Waals surface area contributed by atoms with Crippen LogP contribution in [0.15, 0.2) is 48.7 Å². The molecule has 1 N–H and O–H groups in total. The number of carbonyl (C=O) groups is 3. The molecule has 0 aliphatic heterocycles. The van der Waals surface area contributed by atoms with Gasteiger partial charge in [0.1, 0.15) is 18.2 Å². The molecule has 7 nitrogen and oxygen atoms in total. The van der Waals surface area contributed by atoms with E-state index in [0.717, 1.165) is 17.6 Å². The number of fused-ring (bicyclic) bond motifs is 1. The van der Waals surface area contributed by atoms with Gasteiger partial charge in [0, 0.05) is 35.3 Å². The van der Waals surface area contributed by atoms with Gasteiger partial charge in [0.25, 0.3) is 5.91 Å². The third-order valence-electron chi connectivity index (χ3n) is 4.49. The predicted molar refractivity (Wildman–Crippen MR) is 106 cm³/mol. The molecule has 9 heteroatoms. The maximum absolute atomic E-state index is 13.6. The Bertz CT molecular complexity index is 1200. The van der Waals surface area contributed by atoms with Crippen LogP contribution in [-0.2, 0) is 16.1 Å². The maximum atomic E-state index is 13.6. The van der Waals surface area contributed by atoms with Gasteiger partial charge < -0.3 is 14.6 Å². The minimum Gasteiger partial charge on any atom is -0.456 e. The number of nitrogens with zero attached hydrogens (tertiary/aromatic N) is 2. The second-order valence-electron chi connectivity index (χ2n) is 6.55. The molecule has 158 valence electrons. The largest absolute Gasteiger partial charge is 0.456 e. The highest BCUT2D eigenvalue weighted by Gasteiger charge is 2.18. The number of aromatic nitrogens is 1. The summed E-state index contributed by atoms with van der Waals surface area (Å²) in [4.78, 5) is 36.3. The van der Waals surface area contributed by atoms with E-state index in [2.05, 4.69) is 5.32 Å². The zero-order chi connectivity index (χ0) is 22.4. The molecule has 3 rings (SSSR count). The summed E-state index contributed by atoms with van der Waals surface area (Å²) in [7, 11) is 0. The number of hydrogen-bond donors (Lipinski definition) is 1. The van der Waals surface area contributed by atoms with Crippen LogP contribution in [0, 0.1) is 23.0 Å². The van der Waals surface area contributed by atoms with Crippen LogP contribution < -0.4 is 5.32 Å². The average molecular weight is 425 g/mol. The Kier molecular flexibility index (Phi) is 6.72. The van der Waals surface area contributed by atoms with Crippen LogP contribution in [0.5, 0.6) is 0 Å². The van der Waals surface area contributed by atoms with Crippen LogP contribution in [0.1, 0.15) is 27.1 Å². The number of esters is 1. The lowest BCUT2D eigenvalue weighted by molar-refractivity contribution is -0.141. The number of hydrogen-bond acceptors (Lipinski definition) is 5. The fourth-order valence-electron chi connectivity index (χ4n) is 3.02. The highest BCUT2D eigenvalue weighted by atomic mass is 19.1. The predicted octanol–water partition coefficient (Wildman–Crippen LogP) is 2.99. The lowest BCUT2D eigenvalue weighted by atomic mass is 10.1. The first-order valence-electron chi connectivity index (χ1n) is 9.27. The van der Waals surface area contributed by atoms with E-state index in [1.54, 1.807) is 22.9 Å². The van der Waals surface area contributed by atoms with E-state index in [1.165, 1.54) is 0 Å². The van der Waals surface area contributed by atoms with E-state index in [9.17, 15) is 23.2 Å². The number of halogens is 2. The number of carbonyl (C=O) groups excluding carboxylic acids is 3.